The molecule has 1 aliphatic heterocycles. The van der Waals surface area contributed by atoms with Crippen molar-refractivity contribution in [1.82, 2.24) is 15.0 Å². The Hall–Kier alpha value is -3.26. The molecule has 1 aliphatic rings. The van der Waals surface area contributed by atoms with Crippen molar-refractivity contribution >= 4 is 17.5 Å². The first-order valence-corrected chi connectivity index (χ1v) is 9.82. The van der Waals surface area contributed by atoms with Crippen LogP contribution in [0.15, 0.2) is 48.8 Å². The normalized spacial score (nSPS) is 18.9. The second-order valence-electron chi connectivity index (χ2n) is 7.32. The van der Waals surface area contributed by atoms with E-state index in [2.05, 4.69) is 25.2 Å². The van der Waals surface area contributed by atoms with Crippen LogP contribution in [0.3, 0.4) is 0 Å². The number of nitrogens with zero attached hydrogens (tertiary/aromatic N) is 4. The molecule has 4 rings (SSSR count). The molecular formula is C22H24FN5O2. The van der Waals surface area contributed by atoms with Gasteiger partial charge in [-0.25, -0.2) is 14.4 Å². The molecule has 0 unspecified atom stereocenters. The van der Waals surface area contributed by atoms with Gasteiger partial charge in [0.1, 0.15) is 17.3 Å². The molecule has 0 amide bonds. The molecule has 8 heteroatoms. The molecular weight excluding hydrogens is 385 g/mol. The van der Waals surface area contributed by atoms with E-state index in [0.717, 1.165) is 24.2 Å². The van der Waals surface area contributed by atoms with Gasteiger partial charge in [0.15, 0.2) is 0 Å². The number of ether oxygens (including phenoxy) is 2. The highest BCUT2D eigenvalue weighted by molar-refractivity contribution is 5.72. The number of hydrogen-bond donors (Lipinski definition) is 1. The van der Waals surface area contributed by atoms with Crippen LogP contribution in [-0.4, -0.2) is 47.4 Å². The second kappa shape index (κ2) is 8.62. The number of morpholine rings is 1. The van der Waals surface area contributed by atoms with E-state index in [1.165, 1.54) is 12.1 Å². The van der Waals surface area contributed by atoms with E-state index in [4.69, 9.17) is 9.47 Å². The number of rotatable bonds is 5. The van der Waals surface area contributed by atoms with Crippen LogP contribution in [0.2, 0.25) is 0 Å². The standard InChI is InChI=1S/C22H24FN5O2/c1-14-12-28(13-15(2)30-14)22-24-9-8-20(27-22)26-19-10-17(11-25-21(19)29-3)16-4-6-18(23)7-5-16/h4-11,14-15H,12-13H2,1-3H3,(H,24,26,27)/t14-,15+. The third-order valence-corrected chi connectivity index (χ3v) is 4.83. The zero-order valence-corrected chi connectivity index (χ0v) is 17.2. The van der Waals surface area contributed by atoms with Gasteiger partial charge >= 0.3 is 0 Å². The predicted molar refractivity (Wildman–Crippen MR) is 114 cm³/mol. The molecule has 1 saturated heterocycles. The third kappa shape index (κ3) is 4.49. The first-order valence-electron chi connectivity index (χ1n) is 9.82. The molecule has 0 spiro atoms. The minimum atomic E-state index is -0.279. The Morgan fingerprint density at radius 2 is 1.80 bits per heavy atom. The van der Waals surface area contributed by atoms with Gasteiger partial charge in [-0.05, 0) is 43.7 Å². The molecule has 3 aromatic rings. The van der Waals surface area contributed by atoms with Crippen molar-refractivity contribution < 1.29 is 13.9 Å². The maximum atomic E-state index is 13.3. The summed E-state index contributed by atoms with van der Waals surface area (Å²) in [4.78, 5) is 15.6. The smallest absolute Gasteiger partial charge is 0.237 e. The Kier molecular flexibility index (Phi) is 5.76. The average molecular weight is 409 g/mol. The fourth-order valence-corrected chi connectivity index (χ4v) is 3.55. The SMILES string of the molecule is COc1ncc(-c2ccc(F)cc2)cc1Nc1ccnc(N2C[C@@H](C)O[C@@H](C)C2)n1. The summed E-state index contributed by atoms with van der Waals surface area (Å²) in [6.45, 7) is 5.56. The van der Waals surface area contributed by atoms with E-state index in [1.54, 1.807) is 37.7 Å². The zero-order valence-electron chi connectivity index (χ0n) is 17.2. The third-order valence-electron chi connectivity index (χ3n) is 4.83. The molecule has 1 N–H and O–H groups in total. The van der Waals surface area contributed by atoms with Gasteiger partial charge in [0, 0.05) is 31.0 Å². The minimum absolute atomic E-state index is 0.116. The Morgan fingerprint density at radius 3 is 2.50 bits per heavy atom. The van der Waals surface area contributed by atoms with Crippen molar-refractivity contribution in [3.8, 4) is 17.0 Å². The van der Waals surface area contributed by atoms with E-state index in [-0.39, 0.29) is 18.0 Å². The number of benzene rings is 1. The van der Waals surface area contributed by atoms with Gasteiger partial charge in [0.2, 0.25) is 11.8 Å². The molecule has 3 heterocycles. The van der Waals surface area contributed by atoms with Crippen LogP contribution < -0.4 is 15.0 Å². The van der Waals surface area contributed by atoms with Gasteiger partial charge in [-0.1, -0.05) is 12.1 Å². The van der Waals surface area contributed by atoms with Crippen molar-refractivity contribution in [1.29, 1.82) is 0 Å². The number of anilines is 3. The lowest BCUT2D eigenvalue weighted by Crippen LogP contribution is -2.46. The van der Waals surface area contributed by atoms with Gasteiger partial charge in [0.25, 0.3) is 0 Å². The summed E-state index contributed by atoms with van der Waals surface area (Å²) in [5, 5.41) is 3.28. The molecule has 1 aromatic carbocycles. The number of nitrogens with one attached hydrogen (secondary N) is 1. The van der Waals surface area contributed by atoms with E-state index < -0.39 is 0 Å². The van der Waals surface area contributed by atoms with Crippen molar-refractivity contribution in [2.24, 2.45) is 0 Å². The number of halogens is 1. The van der Waals surface area contributed by atoms with Crippen molar-refractivity contribution in [3.63, 3.8) is 0 Å². The highest BCUT2D eigenvalue weighted by atomic mass is 19.1. The largest absolute Gasteiger partial charge is 0.480 e. The monoisotopic (exact) mass is 409 g/mol. The highest BCUT2D eigenvalue weighted by Crippen LogP contribution is 2.30. The summed E-state index contributed by atoms with van der Waals surface area (Å²) in [5.41, 5.74) is 2.35. The molecule has 156 valence electrons. The summed E-state index contributed by atoms with van der Waals surface area (Å²) in [7, 11) is 1.56. The number of aromatic nitrogens is 3. The molecule has 0 saturated carbocycles. The number of pyridine rings is 1. The topological polar surface area (TPSA) is 72.4 Å². The first-order chi connectivity index (χ1) is 14.5. The molecule has 7 nitrogen and oxygen atoms in total. The predicted octanol–water partition coefficient (Wildman–Crippen LogP) is 4.04. The van der Waals surface area contributed by atoms with Crippen LogP contribution in [-0.2, 0) is 4.74 Å². The fourth-order valence-electron chi connectivity index (χ4n) is 3.55. The summed E-state index contributed by atoms with van der Waals surface area (Å²) in [6.07, 6.45) is 3.65. The molecule has 0 bridgehead atoms. The molecule has 0 radical (unpaired) electrons. The van der Waals surface area contributed by atoms with E-state index in [0.29, 0.717) is 23.3 Å². The van der Waals surface area contributed by atoms with Crippen LogP contribution in [0, 0.1) is 5.82 Å². The lowest BCUT2D eigenvalue weighted by atomic mass is 10.1. The van der Waals surface area contributed by atoms with Gasteiger partial charge in [-0.3, -0.25) is 0 Å². The van der Waals surface area contributed by atoms with E-state index >= 15 is 0 Å². The zero-order chi connectivity index (χ0) is 21.1. The fraction of sp³-hybridized carbons (Fsp3) is 0.318. The minimum Gasteiger partial charge on any atom is -0.480 e. The molecule has 0 aliphatic carbocycles. The summed E-state index contributed by atoms with van der Waals surface area (Å²) >= 11 is 0. The lowest BCUT2D eigenvalue weighted by molar-refractivity contribution is -0.00571. The van der Waals surface area contributed by atoms with E-state index in [1.807, 2.05) is 19.9 Å². The van der Waals surface area contributed by atoms with Crippen molar-refractivity contribution in [3.05, 3.63) is 54.6 Å². The molecule has 2 atom stereocenters. The van der Waals surface area contributed by atoms with Crippen molar-refractivity contribution in [2.45, 2.75) is 26.1 Å². The van der Waals surface area contributed by atoms with Crippen LogP contribution in [0.4, 0.5) is 21.8 Å². The Balaban J connectivity index is 1.60. The number of methoxy groups -OCH3 is 1. The maximum Gasteiger partial charge on any atom is 0.237 e. The van der Waals surface area contributed by atoms with Crippen LogP contribution in [0.25, 0.3) is 11.1 Å². The van der Waals surface area contributed by atoms with Gasteiger partial charge in [-0.15, -0.1) is 0 Å². The van der Waals surface area contributed by atoms with Gasteiger partial charge in [0.05, 0.1) is 19.3 Å². The molecule has 1 fully saturated rings. The van der Waals surface area contributed by atoms with Crippen LogP contribution in [0.5, 0.6) is 5.88 Å². The quantitative estimate of drug-likeness (QED) is 0.682. The lowest BCUT2D eigenvalue weighted by Gasteiger charge is -2.35. The molecule has 2 aromatic heterocycles. The summed E-state index contributed by atoms with van der Waals surface area (Å²) in [6, 6.07) is 9.97. The Bertz CT molecular complexity index is 1000. The highest BCUT2D eigenvalue weighted by Gasteiger charge is 2.24. The maximum absolute atomic E-state index is 13.3. The molecule has 30 heavy (non-hydrogen) atoms. The average Bonchev–Trinajstić information content (AvgIpc) is 2.74. The summed E-state index contributed by atoms with van der Waals surface area (Å²) < 4.78 is 24.4. The van der Waals surface area contributed by atoms with Crippen LogP contribution >= 0.6 is 0 Å². The van der Waals surface area contributed by atoms with E-state index in [9.17, 15) is 4.39 Å². The Morgan fingerprint density at radius 1 is 1.07 bits per heavy atom. The van der Waals surface area contributed by atoms with Gasteiger partial charge < -0.3 is 19.7 Å². The van der Waals surface area contributed by atoms with Crippen molar-refractivity contribution in [2.75, 3.05) is 30.4 Å². The first kappa shape index (κ1) is 20.0. The Labute approximate surface area is 174 Å². The number of hydrogen-bond acceptors (Lipinski definition) is 7. The van der Waals surface area contributed by atoms with Crippen LogP contribution in [0.1, 0.15) is 13.8 Å². The second-order valence-corrected chi connectivity index (χ2v) is 7.32. The van der Waals surface area contributed by atoms with Gasteiger partial charge in [-0.2, -0.15) is 4.98 Å². The summed E-state index contributed by atoms with van der Waals surface area (Å²) in [5.74, 6) is 1.43.